The predicted molar refractivity (Wildman–Crippen MR) is 71.4 cm³/mol. The highest BCUT2D eigenvalue weighted by molar-refractivity contribution is 14.1. The molecule has 0 saturated heterocycles. The van der Waals surface area contributed by atoms with Gasteiger partial charge in [0.05, 0.1) is 16.3 Å². The molecule has 2 heterocycles. The highest BCUT2D eigenvalue weighted by Gasteiger charge is 2.14. The molecule has 0 aromatic carbocycles. The summed E-state index contributed by atoms with van der Waals surface area (Å²) in [4.78, 5) is 13.0. The molecule has 0 aliphatic heterocycles. The number of carbonyl (C=O) groups is 1. The summed E-state index contributed by atoms with van der Waals surface area (Å²) < 4.78 is 2.45. The van der Waals surface area contributed by atoms with E-state index in [0.29, 0.717) is 12.2 Å². The summed E-state index contributed by atoms with van der Waals surface area (Å²) in [6, 6.07) is 3.97. The van der Waals surface area contributed by atoms with Gasteiger partial charge in [0.1, 0.15) is 5.69 Å². The van der Waals surface area contributed by atoms with E-state index in [1.165, 1.54) is 0 Å². The van der Waals surface area contributed by atoms with E-state index < -0.39 is 0 Å². The number of rotatable bonds is 3. The van der Waals surface area contributed by atoms with Gasteiger partial charge in [0.15, 0.2) is 0 Å². The third-order valence-corrected chi connectivity index (χ3v) is 3.78. The third-order valence-electron chi connectivity index (χ3n) is 2.11. The second-order valence-corrected chi connectivity index (χ2v) is 5.42. The van der Waals surface area contributed by atoms with Crippen LogP contribution < -0.4 is 5.32 Å². The first-order valence-electron chi connectivity index (χ1n) is 4.66. The molecular formula is C10H10IN3OS. The minimum atomic E-state index is -0.0854. The number of thiophene rings is 1. The zero-order valence-electron chi connectivity index (χ0n) is 8.61. The third kappa shape index (κ3) is 2.43. The van der Waals surface area contributed by atoms with Crippen LogP contribution in [0.4, 0.5) is 0 Å². The summed E-state index contributed by atoms with van der Waals surface area (Å²) in [5, 5.41) is 8.90. The molecular weight excluding hydrogens is 337 g/mol. The standard InChI is InChI=1S/C10H10IN3OS/c1-14-9(8(11)6-13-14)10(15)12-5-7-3-2-4-16-7/h2-4,6H,5H2,1H3,(H,12,15). The van der Waals surface area contributed by atoms with Crippen molar-refractivity contribution in [1.82, 2.24) is 15.1 Å². The van der Waals surface area contributed by atoms with Crippen LogP contribution in [0.5, 0.6) is 0 Å². The van der Waals surface area contributed by atoms with Gasteiger partial charge in [-0.3, -0.25) is 9.48 Å². The number of carbonyl (C=O) groups excluding carboxylic acids is 1. The van der Waals surface area contributed by atoms with E-state index in [-0.39, 0.29) is 5.91 Å². The van der Waals surface area contributed by atoms with Crippen LogP contribution in [0.25, 0.3) is 0 Å². The molecule has 0 spiro atoms. The van der Waals surface area contributed by atoms with Crippen LogP contribution in [0.3, 0.4) is 0 Å². The summed E-state index contributed by atoms with van der Waals surface area (Å²) in [6.07, 6.45) is 1.68. The molecule has 84 valence electrons. The summed E-state index contributed by atoms with van der Waals surface area (Å²) in [5.41, 5.74) is 0.608. The monoisotopic (exact) mass is 347 g/mol. The van der Waals surface area contributed by atoms with Gasteiger partial charge in [0.2, 0.25) is 0 Å². The minimum Gasteiger partial charge on any atom is -0.346 e. The van der Waals surface area contributed by atoms with Gasteiger partial charge in [-0.1, -0.05) is 6.07 Å². The first-order valence-corrected chi connectivity index (χ1v) is 6.62. The molecule has 0 unspecified atom stereocenters. The zero-order valence-corrected chi connectivity index (χ0v) is 11.6. The van der Waals surface area contributed by atoms with Crippen molar-refractivity contribution in [3.05, 3.63) is 37.9 Å². The van der Waals surface area contributed by atoms with Crippen LogP contribution >= 0.6 is 33.9 Å². The maximum Gasteiger partial charge on any atom is 0.270 e. The molecule has 1 N–H and O–H groups in total. The number of nitrogens with zero attached hydrogens (tertiary/aromatic N) is 2. The number of aromatic nitrogens is 2. The van der Waals surface area contributed by atoms with E-state index in [1.807, 2.05) is 17.5 Å². The van der Waals surface area contributed by atoms with Gasteiger partial charge in [-0.05, 0) is 34.0 Å². The zero-order chi connectivity index (χ0) is 11.5. The Morgan fingerprint density at radius 3 is 3.06 bits per heavy atom. The maximum atomic E-state index is 11.9. The van der Waals surface area contributed by atoms with Crippen LogP contribution in [-0.4, -0.2) is 15.7 Å². The van der Waals surface area contributed by atoms with Gasteiger partial charge in [0.25, 0.3) is 5.91 Å². The quantitative estimate of drug-likeness (QED) is 0.864. The molecule has 0 aliphatic carbocycles. The van der Waals surface area contributed by atoms with Crippen molar-refractivity contribution >= 4 is 39.8 Å². The Morgan fingerprint density at radius 1 is 1.69 bits per heavy atom. The Kier molecular flexibility index (Phi) is 3.59. The predicted octanol–water partition coefficient (Wildman–Crippen LogP) is 2.02. The van der Waals surface area contributed by atoms with Crippen molar-refractivity contribution < 1.29 is 4.79 Å². The van der Waals surface area contributed by atoms with E-state index >= 15 is 0 Å². The summed E-state index contributed by atoms with van der Waals surface area (Å²) in [5.74, 6) is -0.0854. The van der Waals surface area contributed by atoms with E-state index in [4.69, 9.17) is 0 Å². The maximum absolute atomic E-state index is 11.9. The van der Waals surface area contributed by atoms with Gasteiger partial charge < -0.3 is 5.32 Å². The Balaban J connectivity index is 2.04. The molecule has 2 aromatic rings. The second kappa shape index (κ2) is 4.96. The number of hydrogen-bond acceptors (Lipinski definition) is 3. The van der Waals surface area contributed by atoms with Crippen molar-refractivity contribution in [2.24, 2.45) is 7.05 Å². The van der Waals surface area contributed by atoms with Crippen molar-refractivity contribution in [2.45, 2.75) is 6.54 Å². The first kappa shape index (κ1) is 11.6. The summed E-state index contributed by atoms with van der Waals surface area (Å²) in [6.45, 7) is 0.567. The highest BCUT2D eigenvalue weighted by atomic mass is 127. The second-order valence-electron chi connectivity index (χ2n) is 3.23. The minimum absolute atomic E-state index is 0.0854. The van der Waals surface area contributed by atoms with Crippen molar-refractivity contribution in [3.63, 3.8) is 0 Å². The average Bonchev–Trinajstić information content (AvgIpc) is 2.86. The lowest BCUT2D eigenvalue weighted by atomic mass is 10.4. The largest absolute Gasteiger partial charge is 0.346 e. The molecule has 0 fully saturated rings. The van der Waals surface area contributed by atoms with Crippen molar-refractivity contribution in [1.29, 1.82) is 0 Å². The molecule has 1 amide bonds. The summed E-state index contributed by atoms with van der Waals surface area (Å²) >= 11 is 3.74. The Labute approximate surface area is 111 Å². The molecule has 0 saturated carbocycles. The topological polar surface area (TPSA) is 46.9 Å². The molecule has 6 heteroatoms. The van der Waals surface area contributed by atoms with Gasteiger partial charge >= 0.3 is 0 Å². The molecule has 2 rings (SSSR count). The van der Waals surface area contributed by atoms with Crippen LogP contribution in [0, 0.1) is 3.57 Å². The SMILES string of the molecule is Cn1ncc(I)c1C(=O)NCc1cccs1. The number of halogens is 1. The first-order chi connectivity index (χ1) is 7.68. The molecule has 0 radical (unpaired) electrons. The number of amides is 1. The number of hydrogen-bond donors (Lipinski definition) is 1. The van der Waals surface area contributed by atoms with Crippen LogP contribution in [0.2, 0.25) is 0 Å². The van der Waals surface area contributed by atoms with Gasteiger partial charge in [-0.15, -0.1) is 11.3 Å². The van der Waals surface area contributed by atoms with Gasteiger partial charge in [-0.25, -0.2) is 0 Å². The van der Waals surface area contributed by atoms with E-state index in [9.17, 15) is 4.79 Å². The fourth-order valence-corrected chi connectivity index (χ4v) is 2.69. The Bertz CT molecular complexity index is 473. The lowest BCUT2D eigenvalue weighted by molar-refractivity contribution is 0.0941. The Hall–Kier alpha value is -0.890. The lowest BCUT2D eigenvalue weighted by Crippen LogP contribution is -2.25. The van der Waals surface area contributed by atoms with Crippen LogP contribution in [0.1, 0.15) is 15.4 Å². The average molecular weight is 347 g/mol. The molecule has 0 aliphatic rings. The van der Waals surface area contributed by atoms with Crippen molar-refractivity contribution in [3.8, 4) is 0 Å². The Morgan fingerprint density at radius 2 is 2.50 bits per heavy atom. The van der Waals surface area contributed by atoms with E-state index in [1.54, 1.807) is 29.3 Å². The molecule has 16 heavy (non-hydrogen) atoms. The van der Waals surface area contributed by atoms with E-state index in [2.05, 4.69) is 33.0 Å². The van der Waals surface area contributed by atoms with Gasteiger partial charge in [-0.2, -0.15) is 5.10 Å². The normalized spacial score (nSPS) is 10.4. The molecule has 0 bridgehead atoms. The number of nitrogens with one attached hydrogen (secondary N) is 1. The van der Waals surface area contributed by atoms with Gasteiger partial charge in [0, 0.05) is 11.9 Å². The summed E-state index contributed by atoms with van der Waals surface area (Å²) in [7, 11) is 1.77. The molecule has 2 aromatic heterocycles. The van der Waals surface area contributed by atoms with E-state index in [0.717, 1.165) is 8.45 Å². The van der Waals surface area contributed by atoms with Crippen molar-refractivity contribution in [2.75, 3.05) is 0 Å². The molecule has 4 nitrogen and oxygen atoms in total. The fraction of sp³-hybridized carbons (Fsp3) is 0.200. The highest BCUT2D eigenvalue weighted by Crippen LogP contribution is 2.11. The molecule has 0 atom stereocenters. The lowest BCUT2D eigenvalue weighted by Gasteiger charge is -2.04. The van der Waals surface area contributed by atoms with Crippen LogP contribution in [0.15, 0.2) is 23.7 Å². The fourth-order valence-electron chi connectivity index (χ4n) is 1.33. The smallest absolute Gasteiger partial charge is 0.270 e. The number of aryl methyl sites for hydroxylation is 1. The van der Waals surface area contributed by atoms with Crippen LogP contribution in [-0.2, 0) is 13.6 Å².